The van der Waals surface area contributed by atoms with E-state index >= 15 is 0 Å². The average Bonchev–Trinajstić information content (AvgIpc) is 0.788. The summed E-state index contributed by atoms with van der Waals surface area (Å²) in [4.78, 5) is 18.9. The molecule has 590 valence electrons. The maximum atomic E-state index is 4.90. The molecule has 0 bridgehead atoms. The second-order valence-corrected chi connectivity index (χ2v) is 43.6. The monoisotopic (exact) mass is 1480 g/mol. The van der Waals surface area contributed by atoms with Crippen molar-refractivity contribution in [3.05, 3.63) is 262 Å². The Bertz CT molecular complexity index is 4080. The first-order valence-corrected chi connectivity index (χ1v) is 41.0. The van der Waals surface area contributed by atoms with Crippen molar-refractivity contribution < 1.29 is 0 Å². The molecule has 0 atom stereocenters. The number of fused-ring (bicyclic) bond motifs is 2. The largest absolute Gasteiger partial charge is 0.261 e. The number of hydrogen-bond donors (Lipinski definition) is 0. The van der Waals surface area contributed by atoms with Crippen LogP contribution in [-0.4, -0.2) is 19.9 Å². The molecule has 0 aliphatic heterocycles. The van der Waals surface area contributed by atoms with Crippen LogP contribution in [0.4, 0.5) is 0 Å². The van der Waals surface area contributed by atoms with Crippen LogP contribution in [0.5, 0.6) is 0 Å². The summed E-state index contributed by atoms with van der Waals surface area (Å²) in [5.74, 6) is 0. The van der Waals surface area contributed by atoms with Crippen molar-refractivity contribution in [3.8, 4) is 33.4 Å². The van der Waals surface area contributed by atoms with Gasteiger partial charge in [0, 0.05) is 34.9 Å². The summed E-state index contributed by atoms with van der Waals surface area (Å²) < 4.78 is 0. The van der Waals surface area contributed by atoms with Crippen LogP contribution in [-0.2, 0) is 51.4 Å². The lowest BCUT2D eigenvalue weighted by atomic mass is 9.86. The number of pyridine rings is 2. The van der Waals surface area contributed by atoms with Gasteiger partial charge in [0.15, 0.2) is 0 Å². The maximum absolute atomic E-state index is 4.90. The second-order valence-electron chi connectivity index (χ2n) is 43.6. The molecule has 0 aliphatic rings. The van der Waals surface area contributed by atoms with Crippen molar-refractivity contribution in [2.24, 2.45) is 54.1 Å². The van der Waals surface area contributed by atoms with Crippen LogP contribution in [0.2, 0.25) is 0 Å². The lowest BCUT2D eigenvalue weighted by Crippen LogP contribution is -2.10. The van der Waals surface area contributed by atoms with E-state index in [1.54, 1.807) is 0 Å². The fourth-order valence-corrected chi connectivity index (χ4v) is 13.3. The predicted octanol–water partition coefficient (Wildman–Crippen LogP) is 30.9. The minimum atomic E-state index is 0.269. The minimum absolute atomic E-state index is 0.269. The smallest absolute Gasteiger partial charge is 0.0897 e. The summed E-state index contributed by atoms with van der Waals surface area (Å²) in [5.41, 5.74) is 27.8. The van der Waals surface area contributed by atoms with Crippen molar-refractivity contribution in [3.63, 3.8) is 0 Å². The molecule has 110 heavy (non-hydrogen) atoms. The van der Waals surface area contributed by atoms with Crippen molar-refractivity contribution in [1.29, 1.82) is 0 Å². The van der Waals surface area contributed by atoms with Crippen LogP contribution >= 0.6 is 0 Å². The first-order chi connectivity index (χ1) is 50.6. The van der Waals surface area contributed by atoms with Crippen LogP contribution in [0, 0.1) is 54.1 Å². The Hall–Kier alpha value is -8.08. The van der Waals surface area contributed by atoms with Crippen LogP contribution in [0.15, 0.2) is 207 Å². The molecule has 0 spiro atoms. The molecular weight excluding hydrogens is 1330 g/mol. The topological polar surface area (TPSA) is 51.6 Å². The molecule has 0 aliphatic carbocycles. The molecular formula is C106H146N4. The second kappa shape index (κ2) is 38.4. The SMILES string of the molecule is CC(C)(C)C/C=C/c1ccc(/C=C/CC(C)(C)C)cc1.CC(C)(C)Cc1ccc(-c2ccc(CC(C)(C)C)cc2)cc1.CC(C)(C)Cc1ccc(-c2ccc(CC(C)(C)C)nc2)cn1.CC(C)(C)Cc1ccc2nc3ccc(CC(C)(C)C)cc3nc2c1.CC(C)(C)Cc1cccc(-c2cccc(CC(C)(C)C)c2)c1. The molecule has 4 heteroatoms. The molecule has 0 saturated carbocycles. The van der Waals surface area contributed by atoms with Gasteiger partial charge in [-0.3, -0.25) is 9.97 Å². The molecule has 0 N–H and O–H groups in total. The van der Waals surface area contributed by atoms with E-state index in [1.807, 2.05) is 12.4 Å². The molecule has 4 nitrogen and oxygen atoms in total. The summed E-state index contributed by atoms with van der Waals surface area (Å²) in [6, 6.07) is 66.4. The standard InChI is InChI=1S/C22H28N2.2C22H30.C20H28N2.C20H30/c1-21(2,3)13-15-7-9-17-19(11-15)24-20-12-16(14-22(4,5)6)8-10-18(20)23-17;1-21(2,3)15-17-7-11-19(12-8-17)20-13-9-18(10-14-20)16-22(4,5)6;1-21(2,3)15-17-9-7-11-19(13-17)20-12-8-10-18(14-20)16-22(4,5)6;1-19(2,3)11-17-9-7-15(13-21-17)16-8-10-18(22-14-16)12-20(4,5)6;1-19(2,3)15-7-9-17-11-13-18(14-12-17)10-8-16-20(4,5)6/h7-12H,13-14H2,1-6H3;2*7-14H,15-16H2,1-6H3;7-10,13-14H,11-12H2,1-6H3;7-14H,15-16H2,1-6H3/b;;;;9-7+,10-8+. The van der Waals surface area contributed by atoms with Gasteiger partial charge in [-0.25, -0.2) is 9.97 Å². The highest BCUT2D eigenvalue weighted by molar-refractivity contribution is 5.87. The van der Waals surface area contributed by atoms with Gasteiger partial charge in [0.1, 0.15) is 0 Å². The zero-order chi connectivity index (χ0) is 81.9. The summed E-state index contributed by atoms with van der Waals surface area (Å²) in [6.45, 7) is 68.1. The van der Waals surface area contributed by atoms with Crippen LogP contribution in [0.25, 0.3) is 67.6 Å². The van der Waals surface area contributed by atoms with E-state index in [9.17, 15) is 0 Å². The van der Waals surface area contributed by atoms with Gasteiger partial charge in [-0.2, -0.15) is 0 Å². The Morgan fingerprint density at radius 1 is 0.218 bits per heavy atom. The Labute approximate surface area is 671 Å². The van der Waals surface area contributed by atoms with E-state index in [1.165, 1.54) is 66.8 Å². The number of nitrogens with zero attached hydrogens (tertiary/aromatic N) is 4. The van der Waals surface area contributed by atoms with Gasteiger partial charge in [0.25, 0.3) is 0 Å². The van der Waals surface area contributed by atoms with Gasteiger partial charge in [-0.1, -0.05) is 378 Å². The molecule has 0 amide bonds. The number of rotatable bonds is 15. The van der Waals surface area contributed by atoms with Crippen LogP contribution in [0.1, 0.15) is 276 Å². The van der Waals surface area contributed by atoms with Crippen LogP contribution in [0.3, 0.4) is 0 Å². The molecule has 10 aromatic rings. The highest BCUT2D eigenvalue weighted by Crippen LogP contribution is 2.33. The van der Waals surface area contributed by atoms with E-state index in [2.05, 4.69) is 424 Å². The molecule has 3 aromatic heterocycles. The van der Waals surface area contributed by atoms with E-state index in [0.717, 1.165) is 109 Å². The number of allylic oxidation sites excluding steroid dienone is 2. The van der Waals surface area contributed by atoms with Gasteiger partial charge < -0.3 is 0 Å². The number of hydrogen-bond acceptors (Lipinski definition) is 4. The van der Waals surface area contributed by atoms with Gasteiger partial charge in [-0.15, -0.1) is 0 Å². The van der Waals surface area contributed by atoms with E-state index in [0.29, 0.717) is 32.5 Å². The van der Waals surface area contributed by atoms with E-state index < -0.39 is 0 Å². The molecule has 7 aromatic carbocycles. The zero-order valence-electron chi connectivity index (χ0n) is 74.6. The Morgan fingerprint density at radius 3 is 0.755 bits per heavy atom. The summed E-state index contributed by atoms with van der Waals surface area (Å²) in [7, 11) is 0. The summed E-state index contributed by atoms with van der Waals surface area (Å²) in [6.07, 6.45) is 23.7. The molecule has 10 rings (SSSR count). The quantitative estimate of drug-likeness (QED) is 0.0960. The summed E-state index contributed by atoms with van der Waals surface area (Å²) >= 11 is 0. The van der Waals surface area contributed by atoms with E-state index in [4.69, 9.17) is 9.97 Å². The van der Waals surface area contributed by atoms with Crippen molar-refractivity contribution in [2.45, 2.75) is 272 Å². The fraction of sp³-hybridized carbons (Fsp3) is 0.472. The summed E-state index contributed by atoms with van der Waals surface area (Å²) in [5, 5.41) is 0. The maximum Gasteiger partial charge on any atom is 0.0897 e. The van der Waals surface area contributed by atoms with Gasteiger partial charge >= 0.3 is 0 Å². The highest BCUT2D eigenvalue weighted by Gasteiger charge is 2.20. The zero-order valence-corrected chi connectivity index (χ0v) is 74.6. The Balaban J connectivity index is 0.000000215. The molecule has 0 radical (unpaired) electrons. The third kappa shape index (κ3) is 37.3. The fourth-order valence-electron chi connectivity index (χ4n) is 13.3. The van der Waals surface area contributed by atoms with Crippen molar-refractivity contribution in [1.82, 2.24) is 19.9 Å². The number of benzene rings is 7. The first-order valence-electron chi connectivity index (χ1n) is 41.0. The van der Waals surface area contributed by atoms with Gasteiger partial charge in [-0.05, 0) is 222 Å². The Morgan fingerprint density at radius 2 is 0.482 bits per heavy atom. The van der Waals surface area contributed by atoms with Crippen LogP contribution < -0.4 is 0 Å². The normalized spacial score (nSPS) is 12.7. The Kier molecular flexibility index (Phi) is 31.7. The minimum Gasteiger partial charge on any atom is -0.261 e. The third-order valence-corrected chi connectivity index (χ3v) is 17.8. The van der Waals surface area contributed by atoms with Gasteiger partial charge in [0.05, 0.1) is 22.1 Å². The molecule has 0 unspecified atom stereocenters. The predicted molar refractivity (Wildman–Crippen MR) is 486 cm³/mol. The number of aromatic nitrogens is 4. The lowest BCUT2D eigenvalue weighted by Gasteiger charge is -2.19. The van der Waals surface area contributed by atoms with Crippen molar-refractivity contribution in [2.75, 3.05) is 0 Å². The average molecular weight is 1480 g/mol. The molecule has 0 fully saturated rings. The molecule has 0 saturated heterocycles. The molecule has 3 heterocycles. The van der Waals surface area contributed by atoms with Crippen molar-refractivity contribution >= 4 is 34.2 Å². The van der Waals surface area contributed by atoms with E-state index in [-0.39, 0.29) is 21.7 Å². The highest BCUT2D eigenvalue weighted by atomic mass is 14.8. The van der Waals surface area contributed by atoms with Gasteiger partial charge in [0.2, 0.25) is 0 Å². The first kappa shape index (κ1) is 90.8. The lowest BCUT2D eigenvalue weighted by molar-refractivity contribution is 0.406. The third-order valence-electron chi connectivity index (χ3n) is 17.8.